The first-order chi connectivity index (χ1) is 6.58. The second-order valence-electron chi connectivity index (χ2n) is 5.20. The van der Waals surface area contributed by atoms with Crippen LogP contribution >= 0.6 is 0 Å². The summed E-state index contributed by atoms with van der Waals surface area (Å²) in [5.41, 5.74) is 1.86. The molecule has 14 heavy (non-hydrogen) atoms. The minimum absolute atomic E-state index is 0.546. The van der Waals surface area contributed by atoms with E-state index >= 15 is 0 Å². The van der Waals surface area contributed by atoms with Crippen LogP contribution in [0.3, 0.4) is 0 Å². The summed E-state index contributed by atoms with van der Waals surface area (Å²) >= 11 is 0. The zero-order valence-electron chi connectivity index (χ0n) is 10.0. The highest BCUT2D eigenvalue weighted by molar-refractivity contribution is 4.95. The van der Waals surface area contributed by atoms with Crippen molar-refractivity contribution >= 4 is 0 Å². The van der Waals surface area contributed by atoms with Crippen molar-refractivity contribution in [2.45, 2.75) is 58.4 Å². The van der Waals surface area contributed by atoms with E-state index in [4.69, 9.17) is 0 Å². The number of hydrogen-bond acceptors (Lipinski definition) is 1. The first kappa shape index (κ1) is 11.8. The predicted octanol–water partition coefficient (Wildman–Crippen LogP) is 3.51. The van der Waals surface area contributed by atoms with Crippen LogP contribution in [-0.2, 0) is 0 Å². The highest BCUT2D eigenvalue weighted by Gasteiger charge is 2.35. The molecular weight excluding hydrogens is 170 g/mol. The van der Waals surface area contributed by atoms with Gasteiger partial charge in [-0.3, -0.25) is 0 Å². The molecule has 0 aromatic rings. The Morgan fingerprint density at radius 1 is 1.43 bits per heavy atom. The summed E-state index contributed by atoms with van der Waals surface area (Å²) in [5, 5.41) is 3.50. The van der Waals surface area contributed by atoms with Gasteiger partial charge in [0.1, 0.15) is 0 Å². The molecule has 0 aromatic heterocycles. The lowest BCUT2D eigenvalue weighted by Crippen LogP contribution is -2.40. The summed E-state index contributed by atoms with van der Waals surface area (Å²) in [4.78, 5) is 0. The molecule has 0 radical (unpaired) electrons. The largest absolute Gasteiger partial charge is 0.316 e. The van der Waals surface area contributed by atoms with Gasteiger partial charge in [-0.15, -0.1) is 6.58 Å². The minimum Gasteiger partial charge on any atom is -0.316 e. The average Bonchev–Trinajstić information content (AvgIpc) is 2.53. The molecule has 1 nitrogen and oxygen atoms in total. The van der Waals surface area contributed by atoms with E-state index in [-0.39, 0.29) is 0 Å². The maximum absolute atomic E-state index is 3.98. The van der Waals surface area contributed by atoms with Crippen LogP contribution in [0, 0.1) is 5.41 Å². The van der Waals surface area contributed by atoms with E-state index in [2.05, 4.69) is 32.8 Å². The van der Waals surface area contributed by atoms with Gasteiger partial charge < -0.3 is 5.32 Å². The van der Waals surface area contributed by atoms with E-state index < -0.39 is 0 Å². The van der Waals surface area contributed by atoms with E-state index in [0.717, 1.165) is 0 Å². The summed E-state index contributed by atoms with van der Waals surface area (Å²) in [6, 6.07) is 0.682. The second kappa shape index (κ2) is 4.97. The van der Waals surface area contributed by atoms with Crippen molar-refractivity contribution in [1.29, 1.82) is 0 Å². The van der Waals surface area contributed by atoms with E-state index in [1.807, 2.05) is 0 Å². The number of hydrogen-bond donors (Lipinski definition) is 1. The maximum Gasteiger partial charge on any atom is 0.0121 e. The zero-order valence-corrected chi connectivity index (χ0v) is 10.0. The van der Waals surface area contributed by atoms with Crippen LogP contribution in [0.5, 0.6) is 0 Å². The van der Waals surface area contributed by atoms with Gasteiger partial charge in [0.25, 0.3) is 0 Å². The van der Waals surface area contributed by atoms with Crippen molar-refractivity contribution in [3.63, 3.8) is 0 Å². The van der Waals surface area contributed by atoms with E-state index in [1.165, 1.54) is 44.1 Å². The lowest BCUT2D eigenvalue weighted by molar-refractivity contribution is 0.220. The Morgan fingerprint density at radius 3 is 2.43 bits per heavy atom. The normalized spacial score (nSPS) is 22.2. The molecule has 0 spiro atoms. The summed E-state index contributed by atoms with van der Waals surface area (Å²) in [6.07, 6.45) is 8.05. The standard InChI is InChI=1S/C13H25N/c1-11(2)7-8-12(14-4)13(3)9-5-6-10-13/h12,14H,1,5-10H2,2-4H3. The van der Waals surface area contributed by atoms with Crippen LogP contribution in [-0.4, -0.2) is 13.1 Å². The van der Waals surface area contributed by atoms with Gasteiger partial charge in [0.2, 0.25) is 0 Å². The third kappa shape index (κ3) is 2.84. The molecule has 0 saturated heterocycles. The monoisotopic (exact) mass is 195 g/mol. The smallest absolute Gasteiger partial charge is 0.0121 e. The Balaban J connectivity index is 2.47. The molecule has 0 heterocycles. The van der Waals surface area contributed by atoms with Crippen molar-refractivity contribution < 1.29 is 0 Å². The molecule has 1 saturated carbocycles. The van der Waals surface area contributed by atoms with Crippen molar-refractivity contribution in [3.8, 4) is 0 Å². The molecule has 1 fully saturated rings. The molecule has 82 valence electrons. The van der Waals surface area contributed by atoms with Gasteiger partial charge in [0, 0.05) is 6.04 Å². The maximum atomic E-state index is 3.98. The Kier molecular flexibility index (Phi) is 4.18. The Labute approximate surface area is 89.0 Å². The molecule has 0 aliphatic heterocycles. The Hall–Kier alpha value is -0.300. The Morgan fingerprint density at radius 2 is 2.00 bits per heavy atom. The Bertz CT molecular complexity index is 189. The van der Waals surface area contributed by atoms with Crippen LogP contribution < -0.4 is 5.32 Å². The lowest BCUT2D eigenvalue weighted by atomic mass is 9.78. The van der Waals surface area contributed by atoms with Crippen LogP contribution in [0.15, 0.2) is 12.2 Å². The van der Waals surface area contributed by atoms with Crippen molar-refractivity contribution in [1.82, 2.24) is 5.32 Å². The van der Waals surface area contributed by atoms with Gasteiger partial charge in [-0.25, -0.2) is 0 Å². The fraction of sp³-hybridized carbons (Fsp3) is 0.846. The van der Waals surface area contributed by atoms with E-state index in [0.29, 0.717) is 11.5 Å². The highest BCUT2D eigenvalue weighted by Crippen LogP contribution is 2.41. The van der Waals surface area contributed by atoms with Gasteiger partial charge >= 0.3 is 0 Å². The van der Waals surface area contributed by atoms with E-state index in [1.54, 1.807) is 0 Å². The molecule has 1 rings (SSSR count). The molecular formula is C13H25N. The van der Waals surface area contributed by atoms with E-state index in [9.17, 15) is 0 Å². The molecule has 0 amide bonds. The first-order valence-corrected chi connectivity index (χ1v) is 5.90. The topological polar surface area (TPSA) is 12.0 Å². The molecule has 0 bridgehead atoms. The average molecular weight is 195 g/mol. The quantitative estimate of drug-likeness (QED) is 0.662. The SMILES string of the molecule is C=C(C)CCC(NC)C1(C)CCCC1. The van der Waals surface area contributed by atoms with Crippen molar-refractivity contribution in [2.24, 2.45) is 5.41 Å². The number of rotatable bonds is 5. The van der Waals surface area contributed by atoms with Gasteiger partial charge in [-0.05, 0) is 45.1 Å². The van der Waals surface area contributed by atoms with Crippen LogP contribution in [0.4, 0.5) is 0 Å². The third-order valence-corrected chi connectivity index (χ3v) is 3.80. The van der Waals surface area contributed by atoms with Gasteiger partial charge in [-0.2, -0.15) is 0 Å². The summed E-state index contributed by atoms with van der Waals surface area (Å²) in [7, 11) is 2.10. The second-order valence-corrected chi connectivity index (χ2v) is 5.20. The number of allylic oxidation sites excluding steroid dienone is 1. The minimum atomic E-state index is 0.546. The molecule has 1 unspecified atom stereocenters. The lowest BCUT2D eigenvalue weighted by Gasteiger charge is -2.34. The molecule has 1 aliphatic rings. The first-order valence-electron chi connectivity index (χ1n) is 5.90. The van der Waals surface area contributed by atoms with Gasteiger partial charge in [0.05, 0.1) is 0 Å². The van der Waals surface area contributed by atoms with Crippen LogP contribution in [0.1, 0.15) is 52.4 Å². The molecule has 1 aliphatic carbocycles. The van der Waals surface area contributed by atoms with Gasteiger partial charge in [-0.1, -0.05) is 25.3 Å². The van der Waals surface area contributed by atoms with Crippen LogP contribution in [0.2, 0.25) is 0 Å². The molecule has 1 heteroatoms. The third-order valence-electron chi connectivity index (χ3n) is 3.80. The molecule has 0 aromatic carbocycles. The zero-order chi connectivity index (χ0) is 10.6. The molecule has 1 atom stereocenters. The van der Waals surface area contributed by atoms with Crippen molar-refractivity contribution in [3.05, 3.63) is 12.2 Å². The summed E-state index contributed by atoms with van der Waals surface area (Å²) in [5.74, 6) is 0. The van der Waals surface area contributed by atoms with Gasteiger partial charge in [0.15, 0.2) is 0 Å². The molecule has 1 N–H and O–H groups in total. The summed E-state index contributed by atoms with van der Waals surface area (Å²) in [6.45, 7) is 8.56. The highest BCUT2D eigenvalue weighted by atomic mass is 14.9. The van der Waals surface area contributed by atoms with Crippen molar-refractivity contribution in [2.75, 3.05) is 7.05 Å². The fourth-order valence-corrected chi connectivity index (χ4v) is 2.76. The predicted molar refractivity (Wildman–Crippen MR) is 63.5 cm³/mol. The summed E-state index contributed by atoms with van der Waals surface area (Å²) < 4.78 is 0. The number of nitrogens with one attached hydrogen (secondary N) is 1. The van der Waals surface area contributed by atoms with Crippen LogP contribution in [0.25, 0.3) is 0 Å². The fourth-order valence-electron chi connectivity index (χ4n) is 2.76.